The molecule has 1 aromatic heterocycles. The number of nitrogens with two attached hydrogens (primary N) is 1. The van der Waals surface area contributed by atoms with E-state index in [9.17, 15) is 4.79 Å². The Labute approximate surface area is 136 Å². The molecule has 1 aromatic rings. The number of hydrogen-bond donors (Lipinski definition) is 2. The lowest BCUT2D eigenvalue weighted by Crippen LogP contribution is -2.38. The highest BCUT2D eigenvalue weighted by Crippen LogP contribution is 2.53. The molecule has 1 amide bonds. The molecule has 0 radical (unpaired) electrons. The number of anilines is 2. The Balaban J connectivity index is 1.79. The van der Waals surface area contributed by atoms with Gasteiger partial charge in [-0.25, -0.2) is 4.98 Å². The molecule has 23 heavy (non-hydrogen) atoms. The lowest BCUT2D eigenvalue weighted by Gasteiger charge is -2.39. The van der Waals surface area contributed by atoms with Crippen LogP contribution in [0.2, 0.25) is 0 Å². The van der Waals surface area contributed by atoms with Crippen molar-refractivity contribution < 1.29 is 4.79 Å². The van der Waals surface area contributed by atoms with E-state index in [-0.39, 0.29) is 11.9 Å². The molecule has 6 nitrogen and oxygen atoms in total. The fraction of sp³-hybridized carbons (Fsp3) is 0.706. The Kier molecular flexibility index (Phi) is 2.93. The lowest BCUT2D eigenvalue weighted by molar-refractivity contribution is 0.0940. The van der Waals surface area contributed by atoms with Crippen LogP contribution < -0.4 is 16.0 Å². The molecule has 124 valence electrons. The van der Waals surface area contributed by atoms with Crippen molar-refractivity contribution in [2.75, 3.05) is 23.7 Å². The number of rotatable bonds is 1. The van der Waals surface area contributed by atoms with Gasteiger partial charge in [-0.05, 0) is 36.5 Å². The quantitative estimate of drug-likeness (QED) is 0.825. The van der Waals surface area contributed by atoms with Crippen LogP contribution in [0, 0.1) is 10.8 Å². The molecule has 3 aliphatic rings. The van der Waals surface area contributed by atoms with Crippen LogP contribution in [0.3, 0.4) is 0 Å². The third-order valence-corrected chi connectivity index (χ3v) is 5.57. The summed E-state index contributed by atoms with van der Waals surface area (Å²) < 4.78 is 0. The molecule has 1 saturated heterocycles. The topological polar surface area (TPSA) is 84.1 Å². The van der Waals surface area contributed by atoms with Crippen LogP contribution in [0.1, 0.15) is 56.1 Å². The van der Waals surface area contributed by atoms with Gasteiger partial charge in [-0.1, -0.05) is 20.8 Å². The minimum absolute atomic E-state index is 0.129. The summed E-state index contributed by atoms with van der Waals surface area (Å²) in [5.41, 5.74) is 8.00. The van der Waals surface area contributed by atoms with Gasteiger partial charge in [0.1, 0.15) is 11.5 Å². The molecule has 2 aliphatic heterocycles. The molecule has 0 unspecified atom stereocenters. The summed E-state index contributed by atoms with van der Waals surface area (Å²) in [5, 5.41) is 2.85. The molecule has 2 atom stereocenters. The van der Waals surface area contributed by atoms with E-state index in [1.807, 2.05) is 0 Å². The highest BCUT2D eigenvalue weighted by atomic mass is 16.1. The molecule has 3 heterocycles. The number of fused-ring (bicyclic) bond motifs is 3. The van der Waals surface area contributed by atoms with Crippen LogP contribution in [0.5, 0.6) is 0 Å². The molecule has 6 heteroatoms. The van der Waals surface area contributed by atoms with Crippen molar-refractivity contribution >= 4 is 17.7 Å². The number of hydrogen-bond acceptors (Lipinski definition) is 5. The van der Waals surface area contributed by atoms with Crippen molar-refractivity contribution in [2.24, 2.45) is 10.8 Å². The van der Waals surface area contributed by atoms with E-state index in [2.05, 4.69) is 41.0 Å². The average Bonchev–Trinajstić information content (AvgIpc) is 2.68. The summed E-state index contributed by atoms with van der Waals surface area (Å²) in [6.45, 7) is 8.74. The van der Waals surface area contributed by atoms with E-state index >= 15 is 0 Å². The summed E-state index contributed by atoms with van der Waals surface area (Å²) in [6.07, 6.45) is 4.37. The number of nitrogens with one attached hydrogen (secondary N) is 1. The monoisotopic (exact) mass is 315 g/mol. The smallest absolute Gasteiger partial charge is 0.270 e. The van der Waals surface area contributed by atoms with Crippen molar-refractivity contribution in [3.8, 4) is 0 Å². The van der Waals surface area contributed by atoms with Gasteiger partial charge in [0, 0.05) is 24.7 Å². The SMILES string of the molecule is CC1(C)C[C@@H]2C[C@@](C)(CN2c2nc(N)nc3c2CCNC3=O)C1. The minimum atomic E-state index is -0.129. The Morgan fingerprint density at radius 3 is 2.83 bits per heavy atom. The second kappa shape index (κ2) is 4.58. The van der Waals surface area contributed by atoms with E-state index in [0.717, 1.165) is 30.8 Å². The number of aromatic nitrogens is 2. The van der Waals surface area contributed by atoms with Crippen molar-refractivity contribution in [2.45, 2.75) is 52.5 Å². The number of carbonyl (C=O) groups is 1. The number of nitrogens with zero attached hydrogens (tertiary/aromatic N) is 3. The second-order valence-electron chi connectivity index (χ2n) is 8.58. The van der Waals surface area contributed by atoms with E-state index in [0.29, 0.717) is 29.1 Å². The van der Waals surface area contributed by atoms with Crippen molar-refractivity contribution in [3.05, 3.63) is 11.3 Å². The summed E-state index contributed by atoms with van der Waals surface area (Å²) in [5.74, 6) is 0.964. The number of amides is 1. The second-order valence-corrected chi connectivity index (χ2v) is 8.58. The van der Waals surface area contributed by atoms with E-state index in [4.69, 9.17) is 5.73 Å². The van der Waals surface area contributed by atoms with Crippen molar-refractivity contribution in [1.82, 2.24) is 15.3 Å². The molecule has 3 N–H and O–H groups in total. The first-order valence-corrected chi connectivity index (χ1v) is 8.48. The fourth-order valence-corrected chi connectivity index (χ4v) is 5.24. The predicted molar refractivity (Wildman–Crippen MR) is 89.4 cm³/mol. The van der Waals surface area contributed by atoms with Gasteiger partial charge in [0.15, 0.2) is 0 Å². The minimum Gasteiger partial charge on any atom is -0.368 e. The van der Waals surface area contributed by atoms with Gasteiger partial charge in [-0.15, -0.1) is 0 Å². The Bertz CT molecular complexity index is 686. The maximum atomic E-state index is 12.1. The lowest BCUT2D eigenvalue weighted by atomic mass is 9.65. The normalized spacial score (nSPS) is 31.7. The highest BCUT2D eigenvalue weighted by molar-refractivity contribution is 5.96. The van der Waals surface area contributed by atoms with Crippen LogP contribution in [0.15, 0.2) is 0 Å². The molecule has 0 aromatic carbocycles. The first kappa shape index (κ1) is 14.7. The van der Waals surface area contributed by atoms with E-state index < -0.39 is 0 Å². The predicted octanol–water partition coefficient (Wildman–Crippen LogP) is 1.75. The van der Waals surface area contributed by atoms with Crippen LogP contribution in [0.25, 0.3) is 0 Å². The largest absolute Gasteiger partial charge is 0.368 e. The maximum absolute atomic E-state index is 12.1. The molecule has 0 spiro atoms. The van der Waals surface area contributed by atoms with Crippen LogP contribution in [-0.4, -0.2) is 35.0 Å². The summed E-state index contributed by atoms with van der Waals surface area (Å²) >= 11 is 0. The van der Waals surface area contributed by atoms with E-state index in [1.165, 1.54) is 12.8 Å². The summed E-state index contributed by atoms with van der Waals surface area (Å²) in [6, 6.07) is 0.479. The van der Waals surface area contributed by atoms with Crippen LogP contribution in [-0.2, 0) is 6.42 Å². The van der Waals surface area contributed by atoms with Crippen molar-refractivity contribution in [1.29, 1.82) is 0 Å². The third-order valence-electron chi connectivity index (χ3n) is 5.57. The molecule has 4 rings (SSSR count). The van der Waals surface area contributed by atoms with Gasteiger partial charge in [-0.3, -0.25) is 4.79 Å². The van der Waals surface area contributed by atoms with Crippen LogP contribution in [0.4, 0.5) is 11.8 Å². The average molecular weight is 315 g/mol. The van der Waals surface area contributed by atoms with Crippen molar-refractivity contribution in [3.63, 3.8) is 0 Å². The van der Waals surface area contributed by atoms with Gasteiger partial charge in [0.2, 0.25) is 5.95 Å². The summed E-state index contributed by atoms with van der Waals surface area (Å²) in [4.78, 5) is 23.3. The molecular weight excluding hydrogens is 290 g/mol. The Morgan fingerprint density at radius 2 is 2.04 bits per heavy atom. The molecule has 2 bridgehead atoms. The zero-order chi connectivity index (χ0) is 16.4. The summed E-state index contributed by atoms with van der Waals surface area (Å²) in [7, 11) is 0. The molecule has 1 aliphatic carbocycles. The first-order chi connectivity index (χ1) is 10.8. The molecule has 1 saturated carbocycles. The van der Waals surface area contributed by atoms with Gasteiger partial charge >= 0.3 is 0 Å². The molecular formula is C17H25N5O. The zero-order valence-electron chi connectivity index (χ0n) is 14.1. The van der Waals surface area contributed by atoms with Gasteiger partial charge in [-0.2, -0.15) is 4.98 Å². The van der Waals surface area contributed by atoms with Crippen LogP contribution >= 0.6 is 0 Å². The highest BCUT2D eigenvalue weighted by Gasteiger charge is 2.50. The number of carbonyl (C=O) groups excluding carboxylic acids is 1. The maximum Gasteiger partial charge on any atom is 0.270 e. The van der Waals surface area contributed by atoms with Gasteiger partial charge < -0.3 is 16.0 Å². The zero-order valence-corrected chi connectivity index (χ0v) is 14.1. The number of nitrogen functional groups attached to an aromatic ring is 1. The van der Waals surface area contributed by atoms with Gasteiger partial charge in [0.25, 0.3) is 5.91 Å². The standard InChI is InChI=1S/C17H25N5O/c1-16(2)6-10-7-17(3,8-16)9-22(10)13-11-4-5-19-14(23)12(11)20-15(18)21-13/h10H,4-9H2,1-3H3,(H,19,23)(H2,18,20,21)/t10-,17-/m1/s1. The first-order valence-electron chi connectivity index (χ1n) is 8.48. The fourth-order valence-electron chi connectivity index (χ4n) is 5.24. The van der Waals surface area contributed by atoms with Gasteiger partial charge in [0.05, 0.1) is 0 Å². The molecule has 2 fully saturated rings. The van der Waals surface area contributed by atoms with E-state index in [1.54, 1.807) is 0 Å². The Morgan fingerprint density at radius 1 is 1.26 bits per heavy atom. The third kappa shape index (κ3) is 2.35. The Hall–Kier alpha value is -1.85.